The number of hydrogen-bond donors (Lipinski definition) is 0. The van der Waals surface area contributed by atoms with Crippen LogP contribution in [0.25, 0.3) is 6.08 Å². The van der Waals surface area contributed by atoms with Crippen LogP contribution in [0.1, 0.15) is 23.4 Å². The fourth-order valence-corrected chi connectivity index (χ4v) is 3.31. The van der Waals surface area contributed by atoms with Gasteiger partial charge in [0.15, 0.2) is 9.84 Å². The zero-order chi connectivity index (χ0) is 17.0. The molecule has 1 unspecified atom stereocenters. The van der Waals surface area contributed by atoms with Crippen LogP contribution in [0.15, 0.2) is 52.7 Å². The quantitative estimate of drug-likeness (QED) is 0.778. The molecular formula is C17H19NO3S2. The molecule has 1 aromatic carbocycles. The summed E-state index contributed by atoms with van der Waals surface area (Å²) in [5, 5.41) is 1.96. The molecule has 1 atom stereocenters. The van der Waals surface area contributed by atoms with Crippen LogP contribution in [0.2, 0.25) is 0 Å². The summed E-state index contributed by atoms with van der Waals surface area (Å²) in [5.41, 5.74) is 0.887. The van der Waals surface area contributed by atoms with Crippen LogP contribution in [-0.4, -0.2) is 32.5 Å². The second-order valence-electron chi connectivity index (χ2n) is 5.32. The van der Waals surface area contributed by atoms with Crippen molar-refractivity contribution in [2.45, 2.75) is 17.9 Å². The third-order valence-corrected chi connectivity index (χ3v) is 5.62. The van der Waals surface area contributed by atoms with Crippen LogP contribution in [0, 0.1) is 0 Å². The monoisotopic (exact) mass is 349 g/mol. The minimum absolute atomic E-state index is 0.0990. The predicted molar refractivity (Wildman–Crippen MR) is 94.1 cm³/mol. The number of rotatable bonds is 5. The van der Waals surface area contributed by atoms with Gasteiger partial charge < -0.3 is 4.90 Å². The van der Waals surface area contributed by atoms with E-state index in [9.17, 15) is 13.2 Å². The van der Waals surface area contributed by atoms with E-state index in [-0.39, 0.29) is 16.8 Å². The van der Waals surface area contributed by atoms with Gasteiger partial charge in [-0.15, -0.1) is 11.3 Å². The molecule has 4 nitrogen and oxygen atoms in total. The topological polar surface area (TPSA) is 54.5 Å². The van der Waals surface area contributed by atoms with E-state index in [1.165, 1.54) is 6.26 Å². The molecule has 0 aliphatic heterocycles. The second-order valence-corrected chi connectivity index (χ2v) is 8.31. The van der Waals surface area contributed by atoms with Gasteiger partial charge in [0.1, 0.15) is 0 Å². The lowest BCUT2D eigenvalue weighted by atomic mass is 10.1. The summed E-state index contributed by atoms with van der Waals surface area (Å²) in [7, 11) is -1.47. The summed E-state index contributed by atoms with van der Waals surface area (Å²) in [6.07, 6.45) is 4.52. The van der Waals surface area contributed by atoms with Crippen LogP contribution < -0.4 is 0 Å². The maximum absolute atomic E-state index is 12.2. The molecule has 6 heteroatoms. The fourth-order valence-electron chi connectivity index (χ4n) is 2.07. The Morgan fingerprint density at radius 3 is 2.39 bits per heavy atom. The van der Waals surface area contributed by atoms with E-state index in [0.29, 0.717) is 0 Å². The summed E-state index contributed by atoms with van der Waals surface area (Å²) in [5.74, 6) is -0.0990. The number of sulfone groups is 1. The SMILES string of the molecule is CC(c1ccc(S(C)(=O)=O)cc1)N(C)C(=O)/C=C/c1cccs1. The van der Waals surface area contributed by atoms with E-state index < -0.39 is 9.84 Å². The fraction of sp³-hybridized carbons (Fsp3) is 0.235. The highest BCUT2D eigenvalue weighted by Gasteiger charge is 2.16. The Hall–Kier alpha value is -1.92. The Kier molecular flexibility index (Phi) is 5.38. The standard InChI is InChI=1S/C17H19NO3S2/c1-13(14-6-9-16(10-7-14)23(3,20)21)18(2)17(19)11-8-15-5-4-12-22-15/h4-13H,1-3H3/b11-8+. The van der Waals surface area contributed by atoms with E-state index in [0.717, 1.165) is 10.4 Å². The zero-order valence-electron chi connectivity index (χ0n) is 13.3. The van der Waals surface area contributed by atoms with Gasteiger partial charge in [-0.3, -0.25) is 4.79 Å². The molecule has 1 heterocycles. The minimum Gasteiger partial charge on any atom is -0.335 e. The molecule has 23 heavy (non-hydrogen) atoms. The second kappa shape index (κ2) is 7.10. The van der Waals surface area contributed by atoms with Gasteiger partial charge in [0.05, 0.1) is 10.9 Å². The highest BCUT2D eigenvalue weighted by molar-refractivity contribution is 7.90. The molecule has 0 N–H and O–H groups in total. The first-order valence-electron chi connectivity index (χ1n) is 7.07. The van der Waals surface area contributed by atoms with Gasteiger partial charge in [0.25, 0.3) is 0 Å². The lowest BCUT2D eigenvalue weighted by Crippen LogP contribution is -2.27. The molecule has 0 bridgehead atoms. The predicted octanol–water partition coefficient (Wildman–Crippen LogP) is 3.38. The number of hydrogen-bond acceptors (Lipinski definition) is 4. The molecule has 0 spiro atoms. The molecule has 0 saturated carbocycles. The van der Waals surface area contributed by atoms with E-state index in [2.05, 4.69) is 0 Å². The zero-order valence-corrected chi connectivity index (χ0v) is 14.9. The largest absolute Gasteiger partial charge is 0.335 e. The molecule has 122 valence electrons. The number of amides is 1. The van der Waals surface area contributed by atoms with Crippen LogP contribution in [0.3, 0.4) is 0 Å². The van der Waals surface area contributed by atoms with Crippen molar-refractivity contribution >= 4 is 33.2 Å². The van der Waals surface area contributed by atoms with E-state index in [1.807, 2.05) is 24.4 Å². The van der Waals surface area contributed by atoms with Crippen molar-refractivity contribution in [3.63, 3.8) is 0 Å². The van der Waals surface area contributed by atoms with Gasteiger partial charge in [0.2, 0.25) is 5.91 Å². The number of carbonyl (C=O) groups is 1. The summed E-state index contributed by atoms with van der Waals surface area (Å²) in [6.45, 7) is 1.91. The molecule has 0 aliphatic rings. The highest BCUT2D eigenvalue weighted by Crippen LogP contribution is 2.21. The van der Waals surface area contributed by atoms with Gasteiger partial charge in [0, 0.05) is 24.3 Å². The summed E-state index contributed by atoms with van der Waals surface area (Å²) < 4.78 is 23.0. The van der Waals surface area contributed by atoms with Crippen molar-refractivity contribution < 1.29 is 13.2 Å². The van der Waals surface area contributed by atoms with Crippen LogP contribution in [0.5, 0.6) is 0 Å². The summed E-state index contributed by atoms with van der Waals surface area (Å²) >= 11 is 1.57. The number of thiophene rings is 1. The van der Waals surface area contributed by atoms with Crippen molar-refractivity contribution in [3.05, 3.63) is 58.3 Å². The molecule has 1 aromatic heterocycles. The van der Waals surface area contributed by atoms with Gasteiger partial charge in [-0.05, 0) is 42.1 Å². The van der Waals surface area contributed by atoms with E-state index in [4.69, 9.17) is 0 Å². The number of nitrogens with zero attached hydrogens (tertiary/aromatic N) is 1. The molecule has 0 saturated heterocycles. The molecule has 0 aliphatic carbocycles. The third-order valence-electron chi connectivity index (χ3n) is 3.65. The lowest BCUT2D eigenvalue weighted by molar-refractivity contribution is -0.126. The molecule has 1 amide bonds. The summed E-state index contributed by atoms with van der Waals surface area (Å²) in [6, 6.07) is 10.4. The highest BCUT2D eigenvalue weighted by atomic mass is 32.2. The minimum atomic E-state index is -3.21. The Labute approximate surface area is 141 Å². The smallest absolute Gasteiger partial charge is 0.246 e. The first-order chi connectivity index (χ1) is 10.8. The molecule has 2 rings (SSSR count). The van der Waals surface area contributed by atoms with Crippen LogP contribution in [0.4, 0.5) is 0 Å². The molecule has 0 fully saturated rings. The number of likely N-dealkylation sites (N-methyl/N-ethyl adjacent to an activating group) is 1. The lowest BCUT2D eigenvalue weighted by Gasteiger charge is -2.24. The Bertz CT molecular complexity index is 791. The average molecular weight is 349 g/mol. The van der Waals surface area contributed by atoms with Gasteiger partial charge in [-0.25, -0.2) is 8.42 Å². The van der Waals surface area contributed by atoms with Gasteiger partial charge >= 0.3 is 0 Å². The average Bonchev–Trinajstić information content (AvgIpc) is 3.04. The first kappa shape index (κ1) is 17.4. The van der Waals surface area contributed by atoms with Crippen LogP contribution in [-0.2, 0) is 14.6 Å². The Balaban J connectivity index is 2.09. The molecule has 2 aromatic rings. The maximum atomic E-state index is 12.2. The van der Waals surface area contributed by atoms with E-state index in [1.54, 1.807) is 59.7 Å². The van der Waals surface area contributed by atoms with Crippen LogP contribution >= 0.6 is 11.3 Å². The third kappa shape index (κ3) is 4.53. The Morgan fingerprint density at radius 1 is 1.22 bits per heavy atom. The van der Waals surface area contributed by atoms with Crippen molar-refractivity contribution in [1.29, 1.82) is 0 Å². The molecule has 0 radical (unpaired) electrons. The first-order valence-corrected chi connectivity index (χ1v) is 9.84. The molecular weight excluding hydrogens is 330 g/mol. The van der Waals surface area contributed by atoms with E-state index >= 15 is 0 Å². The van der Waals surface area contributed by atoms with Crippen molar-refractivity contribution in [3.8, 4) is 0 Å². The maximum Gasteiger partial charge on any atom is 0.246 e. The number of carbonyl (C=O) groups excluding carboxylic acids is 1. The summed E-state index contributed by atoms with van der Waals surface area (Å²) in [4.78, 5) is 15.2. The van der Waals surface area contributed by atoms with Crippen molar-refractivity contribution in [2.75, 3.05) is 13.3 Å². The van der Waals surface area contributed by atoms with Crippen molar-refractivity contribution in [1.82, 2.24) is 4.90 Å². The normalized spacial score (nSPS) is 13.2. The number of benzene rings is 1. The van der Waals surface area contributed by atoms with Gasteiger partial charge in [-0.1, -0.05) is 18.2 Å². The Morgan fingerprint density at radius 2 is 1.87 bits per heavy atom. The van der Waals surface area contributed by atoms with Gasteiger partial charge in [-0.2, -0.15) is 0 Å². The van der Waals surface area contributed by atoms with Crippen molar-refractivity contribution in [2.24, 2.45) is 0 Å².